The molecular formula is C12H15NO3. The summed E-state index contributed by atoms with van der Waals surface area (Å²) in [5, 5.41) is 12.9. The number of hydrogen-bond acceptors (Lipinski definition) is 4. The van der Waals surface area contributed by atoms with Crippen molar-refractivity contribution in [2.24, 2.45) is 5.92 Å². The van der Waals surface area contributed by atoms with Gasteiger partial charge in [-0.05, 0) is 0 Å². The second-order valence-electron chi connectivity index (χ2n) is 4.40. The van der Waals surface area contributed by atoms with E-state index in [9.17, 15) is 5.11 Å². The zero-order valence-electron chi connectivity index (χ0n) is 9.19. The summed E-state index contributed by atoms with van der Waals surface area (Å²) in [7, 11) is 1.63. The Bertz CT molecular complexity index is 402. The van der Waals surface area contributed by atoms with Crippen LogP contribution in [0, 0.1) is 5.92 Å². The lowest BCUT2D eigenvalue weighted by atomic mass is 9.86. The third-order valence-electron chi connectivity index (χ3n) is 3.47. The molecule has 0 spiro atoms. The standard InChI is InChI=1S/C12H15NO3/c1-15-10-2-8(14)3-11-12(10)9-5-13-4-7(9)6-16-11/h2-3,7,9,13-14H,4-6H2,1H3/t7-,9-/m1/s1. The third-order valence-corrected chi connectivity index (χ3v) is 3.47. The molecule has 1 fully saturated rings. The number of benzene rings is 1. The molecule has 4 nitrogen and oxygen atoms in total. The van der Waals surface area contributed by atoms with Crippen LogP contribution in [0.4, 0.5) is 0 Å². The summed E-state index contributed by atoms with van der Waals surface area (Å²) in [6.07, 6.45) is 0. The van der Waals surface area contributed by atoms with E-state index in [2.05, 4.69) is 5.32 Å². The molecule has 0 bridgehead atoms. The maximum Gasteiger partial charge on any atom is 0.130 e. The molecule has 2 aliphatic rings. The van der Waals surface area contributed by atoms with Crippen molar-refractivity contribution in [3.8, 4) is 17.2 Å². The van der Waals surface area contributed by atoms with Crippen molar-refractivity contribution in [3.05, 3.63) is 17.7 Å². The number of phenols is 1. The fourth-order valence-corrected chi connectivity index (χ4v) is 2.68. The van der Waals surface area contributed by atoms with Gasteiger partial charge in [-0.1, -0.05) is 0 Å². The summed E-state index contributed by atoms with van der Waals surface area (Å²) < 4.78 is 11.0. The number of nitrogens with one attached hydrogen (secondary N) is 1. The van der Waals surface area contributed by atoms with Crippen molar-refractivity contribution < 1.29 is 14.6 Å². The van der Waals surface area contributed by atoms with Gasteiger partial charge in [-0.15, -0.1) is 0 Å². The summed E-state index contributed by atoms with van der Waals surface area (Å²) in [4.78, 5) is 0. The molecule has 4 heteroatoms. The molecule has 2 heterocycles. The molecule has 0 aliphatic carbocycles. The van der Waals surface area contributed by atoms with Crippen LogP contribution in [0.5, 0.6) is 17.2 Å². The molecule has 0 aromatic heterocycles. The number of rotatable bonds is 1. The molecule has 0 unspecified atom stereocenters. The zero-order valence-corrected chi connectivity index (χ0v) is 9.19. The molecule has 2 aliphatic heterocycles. The second kappa shape index (κ2) is 3.56. The largest absolute Gasteiger partial charge is 0.508 e. The van der Waals surface area contributed by atoms with E-state index in [1.165, 1.54) is 0 Å². The van der Waals surface area contributed by atoms with Crippen LogP contribution in [0.15, 0.2) is 12.1 Å². The van der Waals surface area contributed by atoms with Gasteiger partial charge in [-0.25, -0.2) is 0 Å². The molecule has 0 amide bonds. The molecule has 0 radical (unpaired) electrons. The van der Waals surface area contributed by atoms with Crippen LogP contribution in [0.2, 0.25) is 0 Å². The van der Waals surface area contributed by atoms with Crippen molar-refractivity contribution in [1.82, 2.24) is 5.32 Å². The van der Waals surface area contributed by atoms with Crippen LogP contribution < -0.4 is 14.8 Å². The highest BCUT2D eigenvalue weighted by Gasteiger charge is 2.37. The molecule has 1 aromatic rings. The lowest BCUT2D eigenvalue weighted by Crippen LogP contribution is -2.25. The quantitative estimate of drug-likeness (QED) is 0.745. The molecule has 2 atom stereocenters. The highest BCUT2D eigenvalue weighted by Crippen LogP contribution is 2.45. The summed E-state index contributed by atoms with van der Waals surface area (Å²) in [6.45, 7) is 2.67. The topological polar surface area (TPSA) is 50.7 Å². The van der Waals surface area contributed by atoms with Crippen molar-refractivity contribution in [2.45, 2.75) is 5.92 Å². The Morgan fingerprint density at radius 2 is 2.31 bits per heavy atom. The molecule has 3 rings (SSSR count). The van der Waals surface area contributed by atoms with Gasteiger partial charge in [0.1, 0.15) is 17.2 Å². The van der Waals surface area contributed by atoms with Gasteiger partial charge in [0.15, 0.2) is 0 Å². The van der Waals surface area contributed by atoms with Crippen molar-refractivity contribution >= 4 is 0 Å². The molecule has 16 heavy (non-hydrogen) atoms. The Labute approximate surface area is 94.2 Å². The summed E-state index contributed by atoms with van der Waals surface area (Å²) >= 11 is 0. The number of ether oxygens (including phenoxy) is 2. The first-order valence-electron chi connectivity index (χ1n) is 5.54. The molecule has 86 valence electrons. The Balaban J connectivity index is 2.12. The van der Waals surface area contributed by atoms with Crippen LogP contribution in [0.25, 0.3) is 0 Å². The molecular weight excluding hydrogens is 206 g/mol. The van der Waals surface area contributed by atoms with E-state index in [4.69, 9.17) is 9.47 Å². The lowest BCUT2D eigenvalue weighted by Gasteiger charge is -2.29. The average molecular weight is 221 g/mol. The second-order valence-corrected chi connectivity index (χ2v) is 4.40. The predicted molar refractivity (Wildman–Crippen MR) is 59.3 cm³/mol. The Kier molecular flexibility index (Phi) is 2.17. The van der Waals surface area contributed by atoms with Crippen molar-refractivity contribution in [2.75, 3.05) is 26.8 Å². The Morgan fingerprint density at radius 1 is 1.44 bits per heavy atom. The number of phenolic OH excluding ortho intramolecular Hbond substituents is 1. The fraction of sp³-hybridized carbons (Fsp3) is 0.500. The SMILES string of the molecule is COc1cc(O)cc2c1[C@@H]1CNC[C@@H]1CO2. The highest BCUT2D eigenvalue weighted by atomic mass is 16.5. The average Bonchev–Trinajstić information content (AvgIpc) is 2.75. The number of aromatic hydroxyl groups is 1. The van der Waals surface area contributed by atoms with E-state index >= 15 is 0 Å². The number of fused-ring (bicyclic) bond motifs is 3. The minimum Gasteiger partial charge on any atom is -0.508 e. The molecule has 0 saturated carbocycles. The summed E-state index contributed by atoms with van der Waals surface area (Å²) in [6, 6.07) is 3.33. The Morgan fingerprint density at radius 3 is 3.12 bits per heavy atom. The Hall–Kier alpha value is -1.42. The van der Waals surface area contributed by atoms with Gasteiger partial charge in [0, 0.05) is 42.6 Å². The van der Waals surface area contributed by atoms with E-state index in [0.29, 0.717) is 11.8 Å². The van der Waals surface area contributed by atoms with Gasteiger partial charge < -0.3 is 19.9 Å². The van der Waals surface area contributed by atoms with Crippen LogP contribution >= 0.6 is 0 Å². The van der Waals surface area contributed by atoms with Gasteiger partial charge >= 0.3 is 0 Å². The highest BCUT2D eigenvalue weighted by molar-refractivity contribution is 5.53. The van der Waals surface area contributed by atoms with Crippen LogP contribution in [0.1, 0.15) is 11.5 Å². The van der Waals surface area contributed by atoms with Gasteiger partial charge in [-0.3, -0.25) is 0 Å². The van der Waals surface area contributed by atoms with Gasteiger partial charge in [-0.2, -0.15) is 0 Å². The van der Waals surface area contributed by atoms with E-state index in [1.54, 1.807) is 19.2 Å². The van der Waals surface area contributed by atoms with E-state index in [1.807, 2.05) is 0 Å². The first-order valence-corrected chi connectivity index (χ1v) is 5.54. The van der Waals surface area contributed by atoms with Crippen molar-refractivity contribution in [3.63, 3.8) is 0 Å². The molecule has 2 N–H and O–H groups in total. The zero-order chi connectivity index (χ0) is 11.1. The fourth-order valence-electron chi connectivity index (χ4n) is 2.68. The normalized spacial score (nSPS) is 26.8. The molecule has 1 aromatic carbocycles. The van der Waals surface area contributed by atoms with Gasteiger partial charge in [0.05, 0.1) is 13.7 Å². The van der Waals surface area contributed by atoms with Gasteiger partial charge in [0.2, 0.25) is 0 Å². The summed E-state index contributed by atoms with van der Waals surface area (Å²) in [5.41, 5.74) is 1.10. The molecule has 1 saturated heterocycles. The maximum atomic E-state index is 9.57. The maximum absolute atomic E-state index is 9.57. The predicted octanol–water partition coefficient (Wildman–Crippen LogP) is 1.10. The number of hydrogen-bond donors (Lipinski definition) is 2. The first kappa shape index (κ1) is 9.78. The van der Waals surface area contributed by atoms with Crippen molar-refractivity contribution in [1.29, 1.82) is 0 Å². The minimum absolute atomic E-state index is 0.194. The smallest absolute Gasteiger partial charge is 0.130 e. The van der Waals surface area contributed by atoms with Crippen LogP contribution in [-0.2, 0) is 0 Å². The van der Waals surface area contributed by atoms with E-state index < -0.39 is 0 Å². The minimum atomic E-state index is 0.194. The van der Waals surface area contributed by atoms with Crippen LogP contribution in [-0.4, -0.2) is 31.9 Å². The lowest BCUT2D eigenvalue weighted by molar-refractivity contribution is 0.214. The monoisotopic (exact) mass is 221 g/mol. The summed E-state index contributed by atoms with van der Waals surface area (Å²) in [5.74, 6) is 2.65. The number of methoxy groups -OCH3 is 1. The van der Waals surface area contributed by atoms with E-state index in [0.717, 1.165) is 36.8 Å². The van der Waals surface area contributed by atoms with E-state index in [-0.39, 0.29) is 5.75 Å². The third kappa shape index (κ3) is 1.33. The first-order chi connectivity index (χ1) is 7.79. The van der Waals surface area contributed by atoms with Gasteiger partial charge in [0.25, 0.3) is 0 Å². The van der Waals surface area contributed by atoms with Crippen LogP contribution in [0.3, 0.4) is 0 Å².